The fourth-order valence-corrected chi connectivity index (χ4v) is 2.36. The lowest BCUT2D eigenvalue weighted by molar-refractivity contribution is 0.0636. The van der Waals surface area contributed by atoms with Crippen LogP contribution in [0, 0.1) is 0 Å². The molecule has 0 bridgehead atoms. The SMILES string of the molecule is COc1ccc(CCS(=O)(=O)Cl)c(NC(=O)OC(C)(C)C)c1. The van der Waals surface area contributed by atoms with Gasteiger partial charge in [0.15, 0.2) is 0 Å². The smallest absolute Gasteiger partial charge is 0.412 e. The number of methoxy groups -OCH3 is 1. The Hall–Kier alpha value is -1.47. The van der Waals surface area contributed by atoms with Gasteiger partial charge in [-0.25, -0.2) is 13.2 Å². The molecule has 1 aromatic carbocycles. The molecule has 0 saturated carbocycles. The van der Waals surface area contributed by atoms with Gasteiger partial charge in [-0.1, -0.05) is 6.07 Å². The van der Waals surface area contributed by atoms with Crippen molar-refractivity contribution in [3.05, 3.63) is 23.8 Å². The first-order valence-electron chi connectivity index (χ1n) is 6.59. The molecule has 0 atom stereocenters. The van der Waals surface area contributed by atoms with Crippen molar-refractivity contribution in [1.29, 1.82) is 0 Å². The van der Waals surface area contributed by atoms with Crippen LogP contribution in [-0.2, 0) is 20.2 Å². The molecule has 0 unspecified atom stereocenters. The first kappa shape index (κ1) is 18.6. The molecule has 6 nitrogen and oxygen atoms in total. The third-order valence-corrected chi connectivity index (χ3v) is 3.72. The normalized spacial score (nSPS) is 11.9. The van der Waals surface area contributed by atoms with Crippen LogP contribution >= 0.6 is 10.7 Å². The van der Waals surface area contributed by atoms with E-state index in [1.54, 1.807) is 39.0 Å². The molecule has 0 radical (unpaired) electrons. The highest BCUT2D eigenvalue weighted by molar-refractivity contribution is 8.13. The van der Waals surface area contributed by atoms with Crippen LogP contribution in [-0.4, -0.2) is 33.0 Å². The van der Waals surface area contributed by atoms with E-state index in [1.165, 1.54) is 7.11 Å². The summed E-state index contributed by atoms with van der Waals surface area (Å²) in [7, 11) is 3.10. The van der Waals surface area contributed by atoms with E-state index in [0.717, 1.165) is 0 Å². The van der Waals surface area contributed by atoms with Crippen molar-refractivity contribution >= 4 is 31.5 Å². The summed E-state index contributed by atoms with van der Waals surface area (Å²) in [6, 6.07) is 4.95. The van der Waals surface area contributed by atoms with E-state index in [9.17, 15) is 13.2 Å². The van der Waals surface area contributed by atoms with Crippen molar-refractivity contribution in [1.82, 2.24) is 0 Å². The second-order valence-corrected chi connectivity index (χ2v) is 8.54. The zero-order valence-electron chi connectivity index (χ0n) is 13.0. The second kappa shape index (κ2) is 7.19. The Morgan fingerprint density at radius 3 is 2.45 bits per heavy atom. The minimum absolute atomic E-state index is 0.168. The molecule has 0 aliphatic carbocycles. The number of aryl methyl sites for hydroxylation is 1. The van der Waals surface area contributed by atoms with Crippen LogP contribution in [0.4, 0.5) is 10.5 Å². The maximum Gasteiger partial charge on any atom is 0.412 e. The van der Waals surface area contributed by atoms with E-state index in [-0.39, 0.29) is 12.2 Å². The fourth-order valence-electron chi connectivity index (χ4n) is 1.66. The summed E-state index contributed by atoms with van der Waals surface area (Å²) in [5.41, 5.74) is 0.410. The summed E-state index contributed by atoms with van der Waals surface area (Å²) >= 11 is 0. The fraction of sp³-hybridized carbons (Fsp3) is 0.500. The van der Waals surface area contributed by atoms with Gasteiger partial charge in [0.2, 0.25) is 9.05 Å². The molecule has 0 fully saturated rings. The molecular weight excluding hydrogens is 330 g/mol. The average Bonchev–Trinajstić information content (AvgIpc) is 2.33. The minimum atomic E-state index is -3.62. The molecule has 22 heavy (non-hydrogen) atoms. The Kier molecular flexibility index (Phi) is 6.08. The Morgan fingerprint density at radius 2 is 1.95 bits per heavy atom. The van der Waals surface area contributed by atoms with Gasteiger partial charge in [0, 0.05) is 16.7 Å². The molecule has 124 valence electrons. The molecule has 1 rings (SSSR count). The third-order valence-electron chi connectivity index (χ3n) is 2.57. The zero-order valence-corrected chi connectivity index (χ0v) is 14.5. The average molecular weight is 350 g/mol. The largest absolute Gasteiger partial charge is 0.497 e. The van der Waals surface area contributed by atoms with Crippen molar-refractivity contribution in [2.75, 3.05) is 18.2 Å². The van der Waals surface area contributed by atoms with Crippen LogP contribution in [0.2, 0.25) is 0 Å². The van der Waals surface area contributed by atoms with E-state index in [1.807, 2.05) is 0 Å². The van der Waals surface area contributed by atoms with Crippen LogP contribution in [0.3, 0.4) is 0 Å². The topological polar surface area (TPSA) is 81.7 Å². The van der Waals surface area contributed by atoms with E-state index >= 15 is 0 Å². The van der Waals surface area contributed by atoms with E-state index in [2.05, 4.69) is 5.32 Å². The van der Waals surface area contributed by atoms with Crippen LogP contribution in [0.15, 0.2) is 18.2 Å². The molecule has 0 saturated heterocycles. The lowest BCUT2D eigenvalue weighted by Crippen LogP contribution is -2.27. The van der Waals surface area contributed by atoms with Gasteiger partial charge in [-0.05, 0) is 38.8 Å². The number of rotatable bonds is 5. The lowest BCUT2D eigenvalue weighted by Gasteiger charge is -2.20. The number of ether oxygens (including phenoxy) is 2. The Balaban J connectivity index is 2.96. The Bertz CT molecular complexity index is 637. The number of halogens is 1. The van der Waals surface area contributed by atoms with Gasteiger partial charge in [-0.3, -0.25) is 5.32 Å². The standard InChI is InChI=1S/C14H20ClNO5S/c1-14(2,3)21-13(17)16-12-9-11(20-4)6-5-10(12)7-8-22(15,18)19/h5-6,9H,7-8H2,1-4H3,(H,16,17). The summed E-state index contributed by atoms with van der Waals surface area (Å²) in [5, 5.41) is 2.60. The maximum atomic E-state index is 11.9. The predicted octanol–water partition coefficient (Wildman–Crippen LogP) is 3.15. The van der Waals surface area contributed by atoms with Crippen LogP contribution in [0.1, 0.15) is 26.3 Å². The van der Waals surface area contributed by atoms with Crippen molar-refractivity contribution in [3.63, 3.8) is 0 Å². The Labute approximate surface area is 135 Å². The number of carbonyl (C=O) groups excluding carboxylic acids is 1. The number of hydrogen-bond acceptors (Lipinski definition) is 5. The number of hydrogen-bond donors (Lipinski definition) is 1. The van der Waals surface area contributed by atoms with Crippen LogP contribution in [0.25, 0.3) is 0 Å². The summed E-state index contributed by atoms with van der Waals surface area (Å²) in [5.74, 6) is 0.299. The van der Waals surface area contributed by atoms with Gasteiger partial charge in [0.05, 0.1) is 18.6 Å². The molecule has 0 spiro atoms. The van der Waals surface area contributed by atoms with Crippen molar-refractivity contribution in [2.45, 2.75) is 32.8 Å². The zero-order chi connectivity index (χ0) is 17.0. The van der Waals surface area contributed by atoms with Gasteiger partial charge >= 0.3 is 6.09 Å². The van der Waals surface area contributed by atoms with E-state index in [4.69, 9.17) is 20.2 Å². The molecule has 0 heterocycles. The van der Waals surface area contributed by atoms with Gasteiger partial charge in [0.1, 0.15) is 11.4 Å². The van der Waals surface area contributed by atoms with E-state index in [0.29, 0.717) is 17.0 Å². The summed E-state index contributed by atoms with van der Waals surface area (Å²) in [4.78, 5) is 11.9. The molecular formula is C14H20ClNO5S. The van der Waals surface area contributed by atoms with Crippen molar-refractivity contribution in [2.24, 2.45) is 0 Å². The molecule has 1 aromatic rings. The number of benzene rings is 1. The first-order chi connectivity index (χ1) is 10.00. The maximum absolute atomic E-state index is 11.9. The lowest BCUT2D eigenvalue weighted by atomic mass is 10.1. The highest BCUT2D eigenvalue weighted by atomic mass is 35.7. The predicted molar refractivity (Wildman–Crippen MR) is 86.2 cm³/mol. The van der Waals surface area contributed by atoms with Gasteiger partial charge in [-0.2, -0.15) is 0 Å². The summed E-state index contributed by atoms with van der Waals surface area (Å²) in [6.45, 7) is 5.25. The third kappa shape index (κ3) is 7.00. The monoisotopic (exact) mass is 349 g/mol. The van der Waals surface area contributed by atoms with E-state index < -0.39 is 20.7 Å². The molecule has 0 aromatic heterocycles. The molecule has 0 aliphatic heterocycles. The van der Waals surface area contributed by atoms with Gasteiger partial charge in [-0.15, -0.1) is 0 Å². The molecule has 1 amide bonds. The number of carbonyl (C=O) groups is 1. The summed E-state index contributed by atoms with van der Waals surface area (Å²) in [6.07, 6.45) is -0.461. The highest BCUT2D eigenvalue weighted by Crippen LogP contribution is 2.24. The number of amides is 1. The number of anilines is 1. The molecule has 8 heteroatoms. The van der Waals surface area contributed by atoms with Crippen molar-refractivity contribution in [3.8, 4) is 5.75 Å². The van der Waals surface area contributed by atoms with Crippen molar-refractivity contribution < 1.29 is 22.7 Å². The second-order valence-electron chi connectivity index (χ2n) is 5.64. The highest BCUT2D eigenvalue weighted by Gasteiger charge is 2.18. The van der Waals surface area contributed by atoms with Gasteiger partial charge < -0.3 is 9.47 Å². The molecule has 0 aliphatic rings. The first-order valence-corrected chi connectivity index (χ1v) is 9.07. The van der Waals surface area contributed by atoms with Crippen LogP contribution < -0.4 is 10.1 Å². The van der Waals surface area contributed by atoms with Crippen LogP contribution in [0.5, 0.6) is 5.75 Å². The minimum Gasteiger partial charge on any atom is -0.497 e. The quantitative estimate of drug-likeness (QED) is 0.826. The molecule has 1 N–H and O–H groups in total. The number of nitrogens with one attached hydrogen (secondary N) is 1. The van der Waals surface area contributed by atoms with Gasteiger partial charge in [0.25, 0.3) is 0 Å². The summed E-state index contributed by atoms with van der Waals surface area (Å²) < 4.78 is 32.4. The Morgan fingerprint density at radius 1 is 1.32 bits per heavy atom.